The third-order valence-corrected chi connectivity index (χ3v) is 5.07. The molecule has 3 rings (SSSR count). The van der Waals surface area contributed by atoms with E-state index in [1.54, 1.807) is 0 Å². The Labute approximate surface area is 153 Å². The zero-order valence-electron chi connectivity index (χ0n) is 15.3. The van der Waals surface area contributed by atoms with E-state index in [4.69, 9.17) is 5.11 Å². The van der Waals surface area contributed by atoms with Crippen LogP contribution in [0.15, 0.2) is 30.3 Å². The zero-order chi connectivity index (χ0) is 18.7. The van der Waals surface area contributed by atoms with Crippen LogP contribution in [0.25, 0.3) is 10.9 Å². The number of likely N-dealkylation sites (tertiary alicyclic amines) is 1. The van der Waals surface area contributed by atoms with Gasteiger partial charge in [0.25, 0.3) is 5.91 Å². The standard InChI is InChI=1S/C20H25N3O3/c1-14-12-17(16-7-3-4-8-18(16)21-14)20(26)23-10-5-6-15(9-11-23)22(2)13-19(24)25/h3-4,7-8,12,15H,5-6,9-11,13H2,1-2H3,(H,24,25). The number of carbonyl (C=O) groups excluding carboxylic acids is 1. The van der Waals surface area contributed by atoms with Gasteiger partial charge in [0.15, 0.2) is 0 Å². The maximum Gasteiger partial charge on any atom is 0.317 e. The first-order valence-electron chi connectivity index (χ1n) is 9.03. The lowest BCUT2D eigenvalue weighted by atomic mass is 10.1. The van der Waals surface area contributed by atoms with E-state index in [1.165, 1.54) is 0 Å². The molecule has 0 radical (unpaired) electrons. The number of aryl methyl sites for hydroxylation is 1. The van der Waals surface area contributed by atoms with Crippen LogP contribution in [0, 0.1) is 6.92 Å². The van der Waals surface area contributed by atoms with Crippen molar-refractivity contribution in [3.05, 3.63) is 41.6 Å². The second-order valence-corrected chi connectivity index (χ2v) is 7.01. The number of fused-ring (bicyclic) bond motifs is 1. The number of rotatable bonds is 4. The van der Waals surface area contributed by atoms with Crippen LogP contribution in [-0.2, 0) is 4.79 Å². The molecule has 1 amide bonds. The number of hydrogen-bond acceptors (Lipinski definition) is 4. The average Bonchev–Trinajstić information content (AvgIpc) is 2.86. The number of benzene rings is 1. The molecule has 1 N–H and O–H groups in total. The molecule has 1 atom stereocenters. The molecule has 6 heteroatoms. The molecule has 1 aliphatic rings. The van der Waals surface area contributed by atoms with Gasteiger partial charge in [0.1, 0.15) is 0 Å². The Morgan fingerprint density at radius 2 is 2.04 bits per heavy atom. The van der Waals surface area contributed by atoms with Gasteiger partial charge in [-0.2, -0.15) is 0 Å². The molecule has 0 spiro atoms. The fourth-order valence-electron chi connectivity index (χ4n) is 3.72. The largest absolute Gasteiger partial charge is 0.480 e. The summed E-state index contributed by atoms with van der Waals surface area (Å²) in [5.74, 6) is -0.781. The summed E-state index contributed by atoms with van der Waals surface area (Å²) in [5.41, 5.74) is 2.37. The van der Waals surface area contributed by atoms with Crippen LogP contribution in [0.3, 0.4) is 0 Å². The molecule has 2 aromatic rings. The smallest absolute Gasteiger partial charge is 0.317 e. The van der Waals surface area contributed by atoms with Gasteiger partial charge >= 0.3 is 5.97 Å². The van der Waals surface area contributed by atoms with Crippen molar-refractivity contribution in [2.24, 2.45) is 0 Å². The molecular formula is C20H25N3O3. The van der Waals surface area contributed by atoms with Gasteiger partial charge < -0.3 is 10.0 Å². The van der Waals surface area contributed by atoms with E-state index in [0.717, 1.165) is 35.9 Å². The van der Waals surface area contributed by atoms with Crippen molar-refractivity contribution in [1.29, 1.82) is 0 Å². The van der Waals surface area contributed by atoms with E-state index >= 15 is 0 Å². The van der Waals surface area contributed by atoms with Crippen LogP contribution >= 0.6 is 0 Å². The molecule has 0 bridgehead atoms. The first kappa shape index (κ1) is 18.3. The first-order valence-corrected chi connectivity index (χ1v) is 9.03. The van der Waals surface area contributed by atoms with Crippen LogP contribution in [-0.4, -0.2) is 64.5 Å². The molecule has 1 saturated heterocycles. The third kappa shape index (κ3) is 4.02. The van der Waals surface area contributed by atoms with Crippen LogP contribution in [0.2, 0.25) is 0 Å². The molecule has 1 aliphatic heterocycles. The lowest BCUT2D eigenvalue weighted by Gasteiger charge is -2.25. The second kappa shape index (κ2) is 7.83. The molecule has 0 saturated carbocycles. The fraction of sp³-hybridized carbons (Fsp3) is 0.450. The van der Waals surface area contributed by atoms with Crippen molar-refractivity contribution in [3.8, 4) is 0 Å². The molecule has 1 aromatic carbocycles. The highest BCUT2D eigenvalue weighted by atomic mass is 16.4. The van der Waals surface area contributed by atoms with Crippen molar-refractivity contribution < 1.29 is 14.7 Å². The van der Waals surface area contributed by atoms with Crippen LogP contribution in [0.1, 0.15) is 35.3 Å². The highest BCUT2D eigenvalue weighted by Gasteiger charge is 2.25. The van der Waals surface area contributed by atoms with Gasteiger partial charge in [-0.1, -0.05) is 18.2 Å². The van der Waals surface area contributed by atoms with Gasteiger partial charge in [-0.05, 0) is 45.4 Å². The van der Waals surface area contributed by atoms with Gasteiger partial charge in [0, 0.05) is 30.2 Å². The first-order chi connectivity index (χ1) is 12.5. The monoisotopic (exact) mass is 355 g/mol. The van der Waals surface area contributed by atoms with Crippen molar-refractivity contribution in [2.75, 3.05) is 26.7 Å². The summed E-state index contributed by atoms with van der Waals surface area (Å²) in [4.78, 5) is 32.4. The quantitative estimate of drug-likeness (QED) is 0.912. The summed E-state index contributed by atoms with van der Waals surface area (Å²) in [6, 6.07) is 9.78. The minimum absolute atomic E-state index is 0.0345. The van der Waals surface area contributed by atoms with E-state index < -0.39 is 5.97 Å². The summed E-state index contributed by atoms with van der Waals surface area (Å²) in [6.45, 7) is 3.28. The SMILES string of the molecule is Cc1cc(C(=O)N2CCCC(N(C)CC(=O)O)CC2)c2ccccc2n1. The molecule has 0 aliphatic carbocycles. The van der Waals surface area contributed by atoms with Crippen molar-refractivity contribution in [3.63, 3.8) is 0 Å². The van der Waals surface area contributed by atoms with E-state index in [0.29, 0.717) is 18.7 Å². The maximum absolute atomic E-state index is 13.2. The fourth-order valence-corrected chi connectivity index (χ4v) is 3.72. The number of likely N-dealkylation sites (N-methyl/N-ethyl adjacent to an activating group) is 1. The summed E-state index contributed by atoms with van der Waals surface area (Å²) >= 11 is 0. The molecule has 6 nitrogen and oxygen atoms in total. The summed E-state index contributed by atoms with van der Waals surface area (Å²) in [6.07, 6.45) is 2.57. The van der Waals surface area contributed by atoms with E-state index in [2.05, 4.69) is 4.98 Å². The Morgan fingerprint density at radius 3 is 2.81 bits per heavy atom. The molecule has 26 heavy (non-hydrogen) atoms. The third-order valence-electron chi connectivity index (χ3n) is 5.07. The minimum atomic E-state index is -0.816. The normalized spacial score (nSPS) is 18.1. The number of carboxylic acid groups (broad SMARTS) is 1. The second-order valence-electron chi connectivity index (χ2n) is 7.01. The Morgan fingerprint density at radius 1 is 1.27 bits per heavy atom. The molecule has 2 heterocycles. The summed E-state index contributed by atoms with van der Waals surface area (Å²) < 4.78 is 0. The van der Waals surface area contributed by atoms with E-state index in [9.17, 15) is 9.59 Å². The predicted molar refractivity (Wildman–Crippen MR) is 100 cm³/mol. The van der Waals surface area contributed by atoms with Crippen molar-refractivity contribution in [1.82, 2.24) is 14.8 Å². The average molecular weight is 355 g/mol. The number of aliphatic carboxylic acids is 1. The topological polar surface area (TPSA) is 73.7 Å². The number of nitrogens with zero attached hydrogens (tertiary/aromatic N) is 3. The van der Waals surface area contributed by atoms with E-state index in [1.807, 2.05) is 54.1 Å². The van der Waals surface area contributed by atoms with Crippen LogP contribution < -0.4 is 0 Å². The Balaban J connectivity index is 1.78. The maximum atomic E-state index is 13.2. The molecular weight excluding hydrogens is 330 g/mol. The van der Waals surface area contributed by atoms with Crippen molar-refractivity contribution in [2.45, 2.75) is 32.2 Å². The molecule has 138 valence electrons. The van der Waals surface area contributed by atoms with Crippen LogP contribution in [0.4, 0.5) is 0 Å². The number of carboxylic acids is 1. The Hall–Kier alpha value is -2.47. The molecule has 1 unspecified atom stereocenters. The number of aromatic nitrogens is 1. The Bertz CT molecular complexity index is 821. The number of carbonyl (C=O) groups is 2. The Kier molecular flexibility index (Phi) is 5.52. The predicted octanol–water partition coefficient (Wildman–Crippen LogP) is 2.55. The van der Waals surface area contributed by atoms with Gasteiger partial charge in [-0.15, -0.1) is 0 Å². The van der Waals surface area contributed by atoms with Gasteiger partial charge in [-0.3, -0.25) is 19.5 Å². The molecule has 1 aromatic heterocycles. The number of amides is 1. The highest BCUT2D eigenvalue weighted by Crippen LogP contribution is 2.22. The molecule has 1 fully saturated rings. The lowest BCUT2D eigenvalue weighted by molar-refractivity contribution is -0.138. The number of para-hydroxylation sites is 1. The zero-order valence-corrected chi connectivity index (χ0v) is 15.3. The lowest BCUT2D eigenvalue weighted by Crippen LogP contribution is -2.37. The number of hydrogen-bond donors (Lipinski definition) is 1. The van der Waals surface area contributed by atoms with E-state index in [-0.39, 0.29) is 18.5 Å². The number of pyridine rings is 1. The van der Waals surface area contributed by atoms with Crippen LogP contribution in [0.5, 0.6) is 0 Å². The summed E-state index contributed by atoms with van der Waals surface area (Å²) in [7, 11) is 1.84. The minimum Gasteiger partial charge on any atom is -0.480 e. The van der Waals surface area contributed by atoms with Gasteiger partial charge in [-0.25, -0.2) is 0 Å². The van der Waals surface area contributed by atoms with Gasteiger partial charge in [0.05, 0.1) is 17.6 Å². The van der Waals surface area contributed by atoms with Crippen molar-refractivity contribution >= 4 is 22.8 Å². The highest BCUT2D eigenvalue weighted by molar-refractivity contribution is 6.06. The van der Waals surface area contributed by atoms with Gasteiger partial charge in [0.2, 0.25) is 0 Å². The summed E-state index contributed by atoms with van der Waals surface area (Å²) in [5, 5.41) is 9.87.